The van der Waals surface area contributed by atoms with Gasteiger partial charge in [0.25, 0.3) is 5.56 Å². The summed E-state index contributed by atoms with van der Waals surface area (Å²) in [7, 11) is 0. The molecule has 1 aromatic rings. The van der Waals surface area contributed by atoms with Gasteiger partial charge in [-0.15, -0.1) is 0 Å². The highest BCUT2D eigenvalue weighted by molar-refractivity contribution is 5.16. The van der Waals surface area contributed by atoms with Crippen LogP contribution in [0.3, 0.4) is 0 Å². The van der Waals surface area contributed by atoms with Crippen LogP contribution in [0.1, 0.15) is 37.9 Å². The zero-order chi connectivity index (χ0) is 10.6. The van der Waals surface area contributed by atoms with E-state index in [9.17, 15) is 4.79 Å². The van der Waals surface area contributed by atoms with Crippen LogP contribution in [-0.2, 0) is 6.54 Å². The van der Waals surface area contributed by atoms with Crippen LogP contribution < -0.4 is 10.9 Å². The molecule has 0 spiro atoms. The Morgan fingerprint density at radius 3 is 2.64 bits per heavy atom. The maximum absolute atomic E-state index is 11.6. The van der Waals surface area contributed by atoms with Crippen LogP contribution in [-0.4, -0.2) is 11.5 Å². The molecule has 3 heteroatoms. The molecule has 2 N–H and O–H groups in total. The molecule has 0 aliphatic rings. The first kappa shape index (κ1) is 11.0. The van der Waals surface area contributed by atoms with Crippen molar-refractivity contribution in [1.82, 2.24) is 10.3 Å². The van der Waals surface area contributed by atoms with Crippen molar-refractivity contribution in [2.45, 2.75) is 33.2 Å². The first-order chi connectivity index (χ1) is 6.65. The van der Waals surface area contributed by atoms with Crippen molar-refractivity contribution >= 4 is 0 Å². The predicted molar refractivity (Wildman–Crippen MR) is 58.5 cm³/mol. The standard InChI is InChI=1S/C11H18N2O/c1-4-12-7-9-5-6-10(8(2)3)13-11(9)14/h5-6,8,12H,4,7H2,1-3H3,(H,13,14). The zero-order valence-corrected chi connectivity index (χ0v) is 9.05. The zero-order valence-electron chi connectivity index (χ0n) is 9.05. The number of H-pyrrole nitrogens is 1. The highest BCUT2D eigenvalue weighted by Crippen LogP contribution is 2.08. The van der Waals surface area contributed by atoms with Crippen LogP contribution in [0, 0.1) is 0 Å². The normalized spacial score (nSPS) is 10.9. The summed E-state index contributed by atoms with van der Waals surface area (Å²) in [5.41, 5.74) is 1.82. The topological polar surface area (TPSA) is 44.9 Å². The van der Waals surface area contributed by atoms with E-state index in [4.69, 9.17) is 0 Å². The molecule has 0 amide bonds. The lowest BCUT2D eigenvalue weighted by Gasteiger charge is -2.06. The smallest absolute Gasteiger partial charge is 0.252 e. The van der Waals surface area contributed by atoms with E-state index in [2.05, 4.69) is 24.1 Å². The van der Waals surface area contributed by atoms with Crippen molar-refractivity contribution < 1.29 is 0 Å². The van der Waals surface area contributed by atoms with Crippen LogP contribution in [0.15, 0.2) is 16.9 Å². The van der Waals surface area contributed by atoms with E-state index in [1.807, 2.05) is 19.1 Å². The van der Waals surface area contributed by atoms with Crippen molar-refractivity contribution in [3.8, 4) is 0 Å². The molecule has 0 aliphatic carbocycles. The Labute approximate surface area is 84.6 Å². The summed E-state index contributed by atoms with van der Waals surface area (Å²) in [5.74, 6) is 0.371. The molecule has 3 nitrogen and oxygen atoms in total. The highest BCUT2D eigenvalue weighted by Gasteiger charge is 2.02. The molecule has 0 aromatic carbocycles. The van der Waals surface area contributed by atoms with Gasteiger partial charge in [-0.3, -0.25) is 4.79 Å². The molecule has 1 rings (SSSR count). The minimum atomic E-state index is 0.0251. The lowest BCUT2D eigenvalue weighted by Crippen LogP contribution is -2.21. The second-order valence-corrected chi connectivity index (χ2v) is 3.70. The number of nitrogens with one attached hydrogen (secondary N) is 2. The summed E-state index contributed by atoms with van der Waals surface area (Å²) in [5, 5.41) is 3.13. The van der Waals surface area contributed by atoms with Crippen LogP contribution in [0.25, 0.3) is 0 Å². The van der Waals surface area contributed by atoms with Gasteiger partial charge in [0.05, 0.1) is 0 Å². The molecule has 0 bridgehead atoms. The lowest BCUT2D eigenvalue weighted by atomic mass is 10.1. The summed E-state index contributed by atoms with van der Waals surface area (Å²) >= 11 is 0. The molecule has 78 valence electrons. The van der Waals surface area contributed by atoms with Crippen molar-refractivity contribution in [2.24, 2.45) is 0 Å². The second-order valence-electron chi connectivity index (χ2n) is 3.70. The summed E-state index contributed by atoms with van der Waals surface area (Å²) in [6, 6.07) is 3.88. The van der Waals surface area contributed by atoms with E-state index >= 15 is 0 Å². The molecule has 1 heterocycles. The van der Waals surface area contributed by atoms with Gasteiger partial charge < -0.3 is 10.3 Å². The first-order valence-electron chi connectivity index (χ1n) is 5.08. The van der Waals surface area contributed by atoms with Gasteiger partial charge in [0.1, 0.15) is 0 Å². The van der Waals surface area contributed by atoms with Gasteiger partial charge in [0, 0.05) is 17.8 Å². The van der Waals surface area contributed by atoms with Crippen molar-refractivity contribution in [3.05, 3.63) is 33.7 Å². The molecule has 14 heavy (non-hydrogen) atoms. The Morgan fingerprint density at radius 2 is 2.14 bits per heavy atom. The largest absolute Gasteiger partial charge is 0.326 e. The molecule has 0 atom stereocenters. The third-order valence-corrected chi connectivity index (χ3v) is 2.20. The number of hydrogen-bond acceptors (Lipinski definition) is 2. The van der Waals surface area contributed by atoms with E-state index < -0.39 is 0 Å². The third-order valence-electron chi connectivity index (χ3n) is 2.20. The van der Waals surface area contributed by atoms with Crippen LogP contribution in [0.2, 0.25) is 0 Å². The first-order valence-corrected chi connectivity index (χ1v) is 5.08. The Morgan fingerprint density at radius 1 is 1.43 bits per heavy atom. The minimum Gasteiger partial charge on any atom is -0.326 e. The van der Waals surface area contributed by atoms with Gasteiger partial charge in [-0.1, -0.05) is 26.8 Å². The monoisotopic (exact) mass is 194 g/mol. The fourth-order valence-corrected chi connectivity index (χ4v) is 1.25. The average molecular weight is 194 g/mol. The summed E-state index contributed by atoms with van der Waals surface area (Å²) in [6.45, 7) is 7.68. The molecule has 0 saturated heterocycles. The second kappa shape index (κ2) is 4.96. The van der Waals surface area contributed by atoms with Gasteiger partial charge in [-0.05, 0) is 18.5 Å². The summed E-state index contributed by atoms with van der Waals surface area (Å²) < 4.78 is 0. The molecule has 0 fully saturated rings. The third kappa shape index (κ3) is 2.70. The minimum absolute atomic E-state index is 0.0251. The highest BCUT2D eigenvalue weighted by atomic mass is 16.1. The molecule has 0 saturated carbocycles. The number of aromatic nitrogens is 1. The lowest BCUT2D eigenvalue weighted by molar-refractivity contribution is 0.714. The SMILES string of the molecule is CCNCc1ccc(C(C)C)[nH]c1=O. The van der Waals surface area contributed by atoms with E-state index in [0.29, 0.717) is 12.5 Å². The van der Waals surface area contributed by atoms with Crippen LogP contribution in [0.5, 0.6) is 0 Å². The van der Waals surface area contributed by atoms with Gasteiger partial charge >= 0.3 is 0 Å². The van der Waals surface area contributed by atoms with Crippen LogP contribution in [0.4, 0.5) is 0 Å². The fourth-order valence-electron chi connectivity index (χ4n) is 1.25. The summed E-state index contributed by atoms with van der Waals surface area (Å²) in [6.07, 6.45) is 0. The molecule has 0 unspecified atom stereocenters. The van der Waals surface area contributed by atoms with E-state index in [-0.39, 0.29) is 5.56 Å². The summed E-state index contributed by atoms with van der Waals surface area (Å²) in [4.78, 5) is 14.4. The Hall–Kier alpha value is -1.09. The maximum atomic E-state index is 11.6. The van der Waals surface area contributed by atoms with E-state index in [1.54, 1.807) is 0 Å². The molecular weight excluding hydrogens is 176 g/mol. The van der Waals surface area contributed by atoms with Gasteiger partial charge in [-0.2, -0.15) is 0 Å². The fraction of sp³-hybridized carbons (Fsp3) is 0.545. The van der Waals surface area contributed by atoms with E-state index in [0.717, 1.165) is 17.8 Å². The molecular formula is C11H18N2O. The van der Waals surface area contributed by atoms with Crippen LogP contribution >= 0.6 is 0 Å². The van der Waals surface area contributed by atoms with E-state index in [1.165, 1.54) is 0 Å². The number of aromatic amines is 1. The van der Waals surface area contributed by atoms with Crippen molar-refractivity contribution in [3.63, 3.8) is 0 Å². The molecule has 1 aromatic heterocycles. The average Bonchev–Trinajstić information content (AvgIpc) is 2.15. The van der Waals surface area contributed by atoms with Crippen molar-refractivity contribution in [2.75, 3.05) is 6.54 Å². The number of pyridine rings is 1. The van der Waals surface area contributed by atoms with Crippen molar-refractivity contribution in [1.29, 1.82) is 0 Å². The Kier molecular flexibility index (Phi) is 3.89. The number of hydrogen-bond donors (Lipinski definition) is 2. The molecule has 0 aliphatic heterocycles. The maximum Gasteiger partial charge on any atom is 0.252 e. The predicted octanol–water partition coefficient (Wildman–Crippen LogP) is 1.61. The Balaban J connectivity index is 2.85. The Bertz CT molecular complexity index is 341. The van der Waals surface area contributed by atoms with Gasteiger partial charge in [0.15, 0.2) is 0 Å². The quantitative estimate of drug-likeness (QED) is 0.764. The van der Waals surface area contributed by atoms with Gasteiger partial charge in [-0.25, -0.2) is 0 Å². The number of rotatable bonds is 4. The molecule has 0 radical (unpaired) electrons. The van der Waals surface area contributed by atoms with Gasteiger partial charge in [0.2, 0.25) is 0 Å².